The molecule has 1 aromatic carbocycles. The Bertz CT molecular complexity index is 703. The largest absolute Gasteiger partial charge is 0.362 e. The molecule has 1 atom stereocenters. The lowest BCUT2D eigenvalue weighted by molar-refractivity contribution is 0.388. The van der Waals surface area contributed by atoms with Crippen molar-refractivity contribution >= 4 is 17.3 Å². The summed E-state index contributed by atoms with van der Waals surface area (Å²) in [5.41, 5.74) is 4.19. The van der Waals surface area contributed by atoms with Crippen LogP contribution in [0.3, 0.4) is 0 Å². The van der Waals surface area contributed by atoms with Crippen LogP contribution in [-0.4, -0.2) is 21.9 Å². The van der Waals surface area contributed by atoms with Crippen LogP contribution in [-0.2, 0) is 19.4 Å². The normalized spacial score (nSPS) is 21.0. The molecule has 24 heavy (non-hydrogen) atoms. The number of benzene rings is 1. The Morgan fingerprint density at radius 3 is 2.67 bits per heavy atom. The fourth-order valence-electron chi connectivity index (χ4n) is 4.50. The molecule has 3 nitrogen and oxygen atoms in total. The van der Waals surface area contributed by atoms with Crippen molar-refractivity contribution in [1.29, 1.82) is 0 Å². The molecule has 0 radical (unpaired) electrons. The summed E-state index contributed by atoms with van der Waals surface area (Å²) in [7, 11) is 0. The van der Waals surface area contributed by atoms with Crippen LogP contribution in [0.4, 0.5) is 5.69 Å². The average Bonchev–Trinajstić information content (AvgIpc) is 3.22. The van der Waals surface area contributed by atoms with Gasteiger partial charge in [0.25, 0.3) is 0 Å². The topological polar surface area (TPSA) is 21.1 Å². The first kappa shape index (κ1) is 16.0. The molecule has 0 spiro atoms. The number of hydrogen-bond donors (Lipinski definition) is 0. The second-order valence-corrected chi connectivity index (χ2v) is 7.66. The van der Waals surface area contributed by atoms with Gasteiger partial charge in [-0.1, -0.05) is 36.9 Å². The zero-order valence-corrected chi connectivity index (χ0v) is 15.2. The van der Waals surface area contributed by atoms with Gasteiger partial charge in [-0.15, -0.1) is 0 Å². The quantitative estimate of drug-likeness (QED) is 0.790. The van der Waals surface area contributed by atoms with Crippen LogP contribution in [0.5, 0.6) is 0 Å². The summed E-state index contributed by atoms with van der Waals surface area (Å²) >= 11 is 6.21. The maximum absolute atomic E-state index is 6.21. The first-order valence-corrected chi connectivity index (χ1v) is 9.70. The molecule has 0 bridgehead atoms. The summed E-state index contributed by atoms with van der Waals surface area (Å²) in [6.07, 6.45) is 13.2. The van der Waals surface area contributed by atoms with E-state index in [4.69, 9.17) is 11.6 Å². The first-order chi connectivity index (χ1) is 11.7. The fourth-order valence-corrected chi connectivity index (χ4v) is 4.69. The fraction of sp³-hybridized carbons (Fsp3) is 0.550. The molecule has 1 saturated carbocycles. The first-order valence-electron chi connectivity index (χ1n) is 9.32. The van der Waals surface area contributed by atoms with E-state index in [1.54, 1.807) is 0 Å². The standard InChI is InChI=1S/C20H26ClN3/c1-2-23-14-20(13-22-23)24(18-6-4-3-5-7-18)19-11-15-8-9-17(21)10-16(15)12-19/h8-10,13-14,18-19H,2-7,11-12H2,1H3. The third-order valence-corrected chi connectivity index (χ3v) is 5.92. The van der Waals surface area contributed by atoms with Crippen molar-refractivity contribution in [1.82, 2.24) is 9.78 Å². The monoisotopic (exact) mass is 343 g/mol. The van der Waals surface area contributed by atoms with Crippen molar-refractivity contribution < 1.29 is 0 Å². The van der Waals surface area contributed by atoms with E-state index in [1.165, 1.54) is 48.9 Å². The van der Waals surface area contributed by atoms with E-state index in [9.17, 15) is 0 Å². The van der Waals surface area contributed by atoms with E-state index in [-0.39, 0.29) is 0 Å². The Labute approximate surface area is 149 Å². The highest BCUT2D eigenvalue weighted by Gasteiger charge is 2.33. The van der Waals surface area contributed by atoms with Crippen molar-refractivity contribution in [2.75, 3.05) is 4.90 Å². The molecular weight excluding hydrogens is 318 g/mol. The number of anilines is 1. The maximum Gasteiger partial charge on any atom is 0.0757 e. The smallest absolute Gasteiger partial charge is 0.0757 e. The van der Waals surface area contributed by atoms with Gasteiger partial charge in [-0.3, -0.25) is 4.68 Å². The number of fused-ring (bicyclic) bond motifs is 1. The lowest BCUT2D eigenvalue weighted by Crippen LogP contribution is -2.45. The molecule has 1 fully saturated rings. The third-order valence-electron chi connectivity index (χ3n) is 5.68. The minimum atomic E-state index is 0.538. The van der Waals surface area contributed by atoms with Gasteiger partial charge in [-0.25, -0.2) is 0 Å². The molecule has 2 aromatic rings. The molecule has 0 N–H and O–H groups in total. The number of nitrogens with zero attached hydrogens (tertiary/aromatic N) is 3. The molecule has 1 aromatic heterocycles. The number of aryl methyl sites for hydroxylation is 1. The van der Waals surface area contributed by atoms with Gasteiger partial charge >= 0.3 is 0 Å². The van der Waals surface area contributed by atoms with Crippen LogP contribution < -0.4 is 4.90 Å². The highest BCUT2D eigenvalue weighted by molar-refractivity contribution is 6.30. The molecule has 1 unspecified atom stereocenters. The molecule has 4 rings (SSSR count). The highest BCUT2D eigenvalue weighted by atomic mass is 35.5. The molecule has 2 aliphatic carbocycles. The average molecular weight is 344 g/mol. The molecule has 0 aliphatic heterocycles. The van der Waals surface area contributed by atoms with Gasteiger partial charge in [0.2, 0.25) is 0 Å². The lowest BCUT2D eigenvalue weighted by atomic mass is 9.92. The molecule has 1 heterocycles. The van der Waals surface area contributed by atoms with Gasteiger partial charge in [0.05, 0.1) is 11.9 Å². The van der Waals surface area contributed by atoms with Crippen LogP contribution in [0.2, 0.25) is 5.02 Å². The van der Waals surface area contributed by atoms with E-state index in [0.29, 0.717) is 12.1 Å². The Kier molecular flexibility index (Phi) is 4.53. The molecule has 4 heteroatoms. The van der Waals surface area contributed by atoms with Gasteiger partial charge < -0.3 is 4.90 Å². The molecule has 2 aliphatic rings. The van der Waals surface area contributed by atoms with Gasteiger partial charge in [0.1, 0.15) is 0 Å². The molecule has 0 amide bonds. The van der Waals surface area contributed by atoms with Crippen molar-refractivity contribution in [3.05, 3.63) is 46.7 Å². The van der Waals surface area contributed by atoms with Gasteiger partial charge in [-0.2, -0.15) is 5.10 Å². The lowest BCUT2D eigenvalue weighted by Gasteiger charge is -2.39. The Balaban J connectivity index is 1.63. The van der Waals surface area contributed by atoms with Gasteiger partial charge in [0.15, 0.2) is 0 Å². The third kappa shape index (κ3) is 3.06. The summed E-state index contributed by atoms with van der Waals surface area (Å²) in [6.45, 7) is 3.08. The van der Waals surface area contributed by atoms with E-state index in [0.717, 1.165) is 24.4 Å². The second-order valence-electron chi connectivity index (χ2n) is 7.23. The van der Waals surface area contributed by atoms with E-state index >= 15 is 0 Å². The van der Waals surface area contributed by atoms with Crippen LogP contribution in [0.25, 0.3) is 0 Å². The van der Waals surface area contributed by atoms with Gasteiger partial charge in [-0.05, 0) is 55.9 Å². The summed E-state index contributed by atoms with van der Waals surface area (Å²) in [5, 5.41) is 5.40. The van der Waals surface area contributed by atoms with E-state index in [2.05, 4.69) is 41.4 Å². The Morgan fingerprint density at radius 2 is 1.92 bits per heavy atom. The predicted molar refractivity (Wildman–Crippen MR) is 99.9 cm³/mol. The summed E-state index contributed by atoms with van der Waals surface area (Å²) in [4.78, 5) is 2.69. The number of halogens is 1. The van der Waals surface area contributed by atoms with E-state index in [1.807, 2.05) is 10.7 Å². The number of hydrogen-bond acceptors (Lipinski definition) is 2. The van der Waals surface area contributed by atoms with Gasteiger partial charge in [0, 0.05) is 29.8 Å². The number of rotatable bonds is 4. The summed E-state index contributed by atoms with van der Waals surface area (Å²) in [5.74, 6) is 0. The molecule has 128 valence electrons. The van der Waals surface area contributed by atoms with Crippen LogP contribution >= 0.6 is 11.6 Å². The van der Waals surface area contributed by atoms with Crippen molar-refractivity contribution in [3.63, 3.8) is 0 Å². The number of aromatic nitrogens is 2. The van der Waals surface area contributed by atoms with Crippen molar-refractivity contribution in [2.45, 2.75) is 70.5 Å². The Morgan fingerprint density at radius 1 is 1.12 bits per heavy atom. The van der Waals surface area contributed by atoms with E-state index < -0.39 is 0 Å². The van der Waals surface area contributed by atoms with Crippen LogP contribution in [0.15, 0.2) is 30.6 Å². The van der Waals surface area contributed by atoms with Crippen molar-refractivity contribution in [2.24, 2.45) is 0 Å². The van der Waals surface area contributed by atoms with Crippen LogP contribution in [0.1, 0.15) is 50.2 Å². The zero-order valence-electron chi connectivity index (χ0n) is 14.4. The Hall–Kier alpha value is -1.48. The summed E-state index contributed by atoms with van der Waals surface area (Å²) < 4.78 is 2.05. The molecular formula is C20H26ClN3. The minimum Gasteiger partial charge on any atom is -0.362 e. The SMILES string of the molecule is CCn1cc(N(C2CCCCC2)C2Cc3ccc(Cl)cc3C2)cn1. The second kappa shape index (κ2) is 6.79. The predicted octanol–water partition coefficient (Wildman–Crippen LogP) is 4.86. The minimum absolute atomic E-state index is 0.538. The van der Waals surface area contributed by atoms with Crippen molar-refractivity contribution in [3.8, 4) is 0 Å². The van der Waals surface area contributed by atoms with Crippen LogP contribution in [0, 0.1) is 0 Å². The maximum atomic E-state index is 6.21. The summed E-state index contributed by atoms with van der Waals surface area (Å²) in [6, 6.07) is 7.60. The molecule has 0 saturated heterocycles. The zero-order chi connectivity index (χ0) is 16.5. The highest BCUT2D eigenvalue weighted by Crippen LogP contribution is 2.35.